The Morgan fingerprint density at radius 2 is 1.49 bits per heavy atom. The standard InChI is InChI=1S/C38H48O19/c1-14(2)5-10-18-21(53-38-30(48)27(45)25(43)22(12-39)54-38)11-19(40)23-26(44)35(33(55-34(18)23)16-6-8-17(50-4)9-7-16)57-37-31(49)28(46)32(15(3)52-37)56-36-29(47)24(42)20(41)13-51-36/h5-9,11,15,20,22,24-25,27-32,36-43,45-49H,10,12-13H2,1-4H3/t15-,20+,22+,24-,25+,27-,28-,29+,30+,31+,32-,36+,37?,38+/m0/s1. The molecule has 1 unspecified atom stereocenters. The Kier molecular flexibility index (Phi) is 13.1. The third-order valence-electron chi connectivity index (χ3n) is 10.1. The summed E-state index contributed by atoms with van der Waals surface area (Å²) in [5.41, 5.74) is 0.120. The molecule has 2 aromatic carbocycles. The van der Waals surface area contributed by atoms with Gasteiger partial charge in [-0.05, 0) is 51.5 Å². The molecule has 10 N–H and O–H groups in total. The molecule has 4 heterocycles. The van der Waals surface area contributed by atoms with Gasteiger partial charge in [0.1, 0.15) is 89.3 Å². The summed E-state index contributed by atoms with van der Waals surface area (Å²) in [5.74, 6) is -1.16. The number of benzene rings is 2. The van der Waals surface area contributed by atoms with Crippen LogP contribution in [0.3, 0.4) is 0 Å². The monoisotopic (exact) mass is 808 g/mol. The van der Waals surface area contributed by atoms with E-state index in [-0.39, 0.29) is 41.2 Å². The van der Waals surface area contributed by atoms with Crippen molar-refractivity contribution in [2.75, 3.05) is 20.3 Å². The minimum Gasteiger partial charge on any atom is -0.507 e. The van der Waals surface area contributed by atoms with Gasteiger partial charge < -0.3 is 88.6 Å². The molecule has 0 spiro atoms. The maximum atomic E-state index is 14.5. The van der Waals surface area contributed by atoms with Crippen LogP contribution in [0, 0.1) is 0 Å². The van der Waals surface area contributed by atoms with Gasteiger partial charge >= 0.3 is 0 Å². The lowest BCUT2D eigenvalue weighted by atomic mass is 9.98. The first kappa shape index (κ1) is 42.7. The zero-order valence-corrected chi connectivity index (χ0v) is 31.3. The Hall–Kier alpha value is -3.93. The molecule has 6 rings (SSSR count). The van der Waals surface area contributed by atoms with Crippen LogP contribution in [0.25, 0.3) is 22.3 Å². The molecule has 3 aromatic rings. The fraction of sp³-hybridized carbons (Fsp3) is 0.553. The molecule has 314 valence electrons. The lowest BCUT2D eigenvalue weighted by Gasteiger charge is -2.44. The molecular formula is C38H48O19. The van der Waals surface area contributed by atoms with Gasteiger partial charge in [-0.25, -0.2) is 0 Å². The van der Waals surface area contributed by atoms with Crippen LogP contribution in [0.2, 0.25) is 0 Å². The van der Waals surface area contributed by atoms with Crippen molar-refractivity contribution >= 4 is 11.0 Å². The number of hydrogen-bond acceptors (Lipinski definition) is 19. The van der Waals surface area contributed by atoms with Gasteiger partial charge in [0.05, 0.1) is 26.4 Å². The molecular weight excluding hydrogens is 760 g/mol. The molecule has 0 aliphatic carbocycles. The number of aromatic hydroxyl groups is 1. The minimum absolute atomic E-state index is 0.0298. The smallest absolute Gasteiger partial charge is 0.239 e. The first-order valence-electron chi connectivity index (χ1n) is 18.2. The van der Waals surface area contributed by atoms with Crippen LogP contribution in [0.5, 0.6) is 23.0 Å². The highest BCUT2D eigenvalue weighted by molar-refractivity contribution is 5.91. The summed E-state index contributed by atoms with van der Waals surface area (Å²) in [5, 5.41) is 105. The van der Waals surface area contributed by atoms with Gasteiger partial charge in [-0.2, -0.15) is 0 Å². The van der Waals surface area contributed by atoms with Crippen LogP contribution in [0.15, 0.2) is 51.2 Å². The summed E-state index contributed by atoms with van der Waals surface area (Å²) in [6.07, 6.45) is -20.5. The molecule has 3 fully saturated rings. The molecule has 0 amide bonds. The van der Waals surface area contributed by atoms with Crippen molar-refractivity contribution in [3.05, 3.63) is 57.8 Å². The average Bonchev–Trinajstić information content (AvgIpc) is 3.18. The van der Waals surface area contributed by atoms with Crippen LogP contribution >= 0.6 is 0 Å². The number of phenolic OH excluding ortho intramolecular Hbond substituents is 1. The fourth-order valence-corrected chi connectivity index (χ4v) is 6.75. The number of rotatable bonds is 11. The summed E-state index contributed by atoms with van der Waals surface area (Å²) in [4.78, 5) is 14.5. The molecule has 14 atom stereocenters. The Morgan fingerprint density at radius 3 is 2.14 bits per heavy atom. The maximum Gasteiger partial charge on any atom is 0.239 e. The summed E-state index contributed by atoms with van der Waals surface area (Å²) in [6, 6.07) is 7.28. The van der Waals surface area contributed by atoms with E-state index in [2.05, 4.69) is 0 Å². The van der Waals surface area contributed by atoms with E-state index < -0.39 is 115 Å². The van der Waals surface area contributed by atoms with Crippen molar-refractivity contribution in [3.8, 4) is 34.3 Å². The molecule has 1 aromatic heterocycles. The van der Waals surface area contributed by atoms with Crippen molar-refractivity contribution in [3.63, 3.8) is 0 Å². The molecule has 0 bridgehead atoms. The second-order valence-electron chi connectivity index (χ2n) is 14.4. The predicted molar refractivity (Wildman–Crippen MR) is 193 cm³/mol. The zero-order valence-electron chi connectivity index (χ0n) is 31.3. The first-order valence-corrected chi connectivity index (χ1v) is 18.2. The predicted octanol–water partition coefficient (Wildman–Crippen LogP) is -1.47. The number of phenols is 1. The molecule has 3 saturated heterocycles. The van der Waals surface area contributed by atoms with E-state index in [0.29, 0.717) is 5.75 Å². The number of allylic oxidation sites excluding steroid dienone is 2. The largest absolute Gasteiger partial charge is 0.507 e. The average molecular weight is 809 g/mol. The first-order chi connectivity index (χ1) is 27.1. The molecule has 57 heavy (non-hydrogen) atoms. The van der Waals surface area contributed by atoms with Gasteiger partial charge in [-0.15, -0.1) is 0 Å². The minimum atomic E-state index is -1.91. The van der Waals surface area contributed by atoms with Crippen molar-refractivity contribution in [2.45, 2.75) is 113 Å². The van der Waals surface area contributed by atoms with E-state index in [4.69, 9.17) is 37.6 Å². The highest BCUT2D eigenvalue weighted by Gasteiger charge is 2.49. The lowest BCUT2D eigenvalue weighted by Crippen LogP contribution is -2.62. The van der Waals surface area contributed by atoms with Crippen LogP contribution in [-0.4, -0.2) is 157 Å². The number of fused-ring (bicyclic) bond motifs is 1. The molecule has 0 radical (unpaired) electrons. The van der Waals surface area contributed by atoms with Gasteiger partial charge in [0.2, 0.25) is 23.8 Å². The number of aliphatic hydroxyl groups is 9. The van der Waals surface area contributed by atoms with Crippen LogP contribution < -0.4 is 19.6 Å². The van der Waals surface area contributed by atoms with Crippen molar-refractivity contribution in [2.24, 2.45) is 0 Å². The molecule has 0 saturated carbocycles. The van der Waals surface area contributed by atoms with Gasteiger partial charge in [0.25, 0.3) is 0 Å². The molecule has 19 nitrogen and oxygen atoms in total. The molecule has 3 aliphatic rings. The topological polar surface area (TPSA) is 297 Å². The normalized spacial score (nSPS) is 34.5. The second kappa shape index (κ2) is 17.5. The fourth-order valence-electron chi connectivity index (χ4n) is 6.75. The number of hydrogen-bond donors (Lipinski definition) is 10. The van der Waals surface area contributed by atoms with Crippen LogP contribution in [0.1, 0.15) is 26.3 Å². The highest BCUT2D eigenvalue weighted by atomic mass is 16.7. The Bertz CT molecular complexity index is 1940. The van der Waals surface area contributed by atoms with E-state index in [1.165, 1.54) is 14.0 Å². The van der Waals surface area contributed by atoms with Crippen molar-refractivity contribution < 1.29 is 88.6 Å². The summed E-state index contributed by atoms with van der Waals surface area (Å²) < 4.78 is 46.1. The Balaban J connectivity index is 1.42. The zero-order chi connectivity index (χ0) is 41.5. The lowest BCUT2D eigenvalue weighted by molar-refractivity contribution is -0.334. The number of methoxy groups -OCH3 is 1. The summed E-state index contributed by atoms with van der Waals surface area (Å²) in [7, 11) is 1.45. The van der Waals surface area contributed by atoms with E-state index in [1.807, 2.05) is 13.8 Å². The number of aliphatic hydroxyl groups excluding tert-OH is 9. The third kappa shape index (κ3) is 8.48. The van der Waals surface area contributed by atoms with Crippen molar-refractivity contribution in [1.82, 2.24) is 0 Å². The second-order valence-corrected chi connectivity index (χ2v) is 14.4. The van der Waals surface area contributed by atoms with Crippen molar-refractivity contribution in [1.29, 1.82) is 0 Å². The van der Waals surface area contributed by atoms with E-state index in [0.717, 1.165) is 11.6 Å². The number of ether oxygens (including phenoxy) is 7. The van der Waals surface area contributed by atoms with Gasteiger partial charge in [-0.3, -0.25) is 4.79 Å². The third-order valence-corrected chi connectivity index (χ3v) is 10.1. The highest BCUT2D eigenvalue weighted by Crippen LogP contribution is 2.42. The van der Waals surface area contributed by atoms with Gasteiger partial charge in [0, 0.05) is 17.2 Å². The van der Waals surface area contributed by atoms with Crippen LogP contribution in [-0.2, 0) is 25.4 Å². The quantitative estimate of drug-likeness (QED) is 0.0990. The SMILES string of the molecule is COc1ccc(-c2oc3c(CC=C(C)C)c(O[C@@H]4O[C@H](CO)[C@@H](O)[C@H](O)[C@H]4O)cc(O)c3c(=O)c2OC2O[C@@H](C)[C@H](O[C@H]3OC[C@@H](O)[C@H](O)[C@H]3O)[C@@H](O)[C@H]2O)cc1. The Morgan fingerprint density at radius 1 is 0.842 bits per heavy atom. The maximum absolute atomic E-state index is 14.5. The Labute approximate surface area is 325 Å². The van der Waals surface area contributed by atoms with E-state index in [1.54, 1.807) is 30.3 Å². The van der Waals surface area contributed by atoms with E-state index in [9.17, 15) is 55.9 Å². The summed E-state index contributed by atoms with van der Waals surface area (Å²) >= 11 is 0. The van der Waals surface area contributed by atoms with Crippen LogP contribution in [0.4, 0.5) is 0 Å². The molecule has 19 heteroatoms. The van der Waals surface area contributed by atoms with Gasteiger partial charge in [-0.1, -0.05) is 11.6 Å². The summed E-state index contributed by atoms with van der Waals surface area (Å²) in [6.45, 7) is 3.96. The van der Waals surface area contributed by atoms with Gasteiger partial charge in [0.15, 0.2) is 12.1 Å². The van der Waals surface area contributed by atoms with E-state index >= 15 is 0 Å². The molecule has 3 aliphatic heterocycles.